The molecule has 6 heteroatoms. The Balaban J connectivity index is 1.88. The molecule has 0 bridgehead atoms. The lowest BCUT2D eigenvalue weighted by molar-refractivity contribution is -0.147. The van der Waals surface area contributed by atoms with Crippen LogP contribution in [0, 0.1) is 5.92 Å². The Kier molecular flexibility index (Phi) is 4.00. The van der Waals surface area contributed by atoms with E-state index >= 15 is 0 Å². The van der Waals surface area contributed by atoms with Crippen molar-refractivity contribution in [3.63, 3.8) is 0 Å². The topological polar surface area (TPSA) is 68.7 Å². The second kappa shape index (κ2) is 5.94. The number of aryl methyl sites for hydroxylation is 1. The second-order valence-electron chi connectivity index (χ2n) is 5.80. The zero-order chi connectivity index (χ0) is 15.7. The monoisotopic (exact) mass is 304 g/mol. The van der Waals surface area contributed by atoms with E-state index < -0.39 is 0 Å². The molecule has 0 aliphatic carbocycles. The van der Waals surface area contributed by atoms with Crippen LogP contribution in [0.3, 0.4) is 0 Å². The predicted molar refractivity (Wildman–Crippen MR) is 78.7 cm³/mol. The van der Waals surface area contributed by atoms with Crippen LogP contribution in [0.25, 0.3) is 0 Å². The minimum absolute atomic E-state index is 0.0405. The first-order chi connectivity index (χ1) is 10.6. The Morgan fingerprint density at radius 1 is 1.27 bits per heavy atom. The van der Waals surface area contributed by atoms with Gasteiger partial charge >= 0.3 is 5.97 Å². The first kappa shape index (κ1) is 14.8. The summed E-state index contributed by atoms with van der Waals surface area (Å²) in [4.78, 5) is 30.8. The maximum atomic E-state index is 12.8. The van der Waals surface area contributed by atoms with E-state index in [1.165, 1.54) is 7.11 Å². The number of methoxy groups -OCH3 is 2. The van der Waals surface area contributed by atoms with Gasteiger partial charge in [0.15, 0.2) is 0 Å². The largest absolute Gasteiger partial charge is 0.481 e. The first-order valence-electron chi connectivity index (χ1n) is 7.56. The number of nitrogens with zero attached hydrogens (tertiary/aromatic N) is 2. The highest BCUT2D eigenvalue weighted by molar-refractivity contribution is 5.96. The summed E-state index contributed by atoms with van der Waals surface area (Å²) in [5, 5.41) is 0. The van der Waals surface area contributed by atoms with E-state index in [9.17, 15) is 9.59 Å². The smallest absolute Gasteiger partial charge is 0.310 e. The fourth-order valence-electron chi connectivity index (χ4n) is 3.37. The number of esters is 1. The summed E-state index contributed by atoms with van der Waals surface area (Å²) >= 11 is 0. The molecule has 1 amide bonds. The molecule has 1 aromatic heterocycles. The van der Waals surface area contributed by atoms with Crippen LogP contribution in [0.4, 0.5) is 0 Å². The van der Waals surface area contributed by atoms with Gasteiger partial charge in [-0.05, 0) is 31.7 Å². The van der Waals surface area contributed by atoms with Crippen LogP contribution >= 0.6 is 0 Å². The highest BCUT2D eigenvalue weighted by atomic mass is 16.5. The van der Waals surface area contributed by atoms with Crippen molar-refractivity contribution in [3.05, 3.63) is 23.4 Å². The number of carbonyl (C=O) groups excluding carboxylic acids is 2. The SMILES string of the molecule is COC(=O)[C@@H]1CC[C@@H]2CCc3nc(OC)ccc3C(=O)N2C1. The van der Waals surface area contributed by atoms with Crippen LogP contribution in [-0.4, -0.2) is 48.6 Å². The molecule has 2 atom stereocenters. The van der Waals surface area contributed by atoms with E-state index in [-0.39, 0.29) is 23.8 Å². The zero-order valence-electron chi connectivity index (χ0n) is 12.9. The standard InChI is InChI=1S/C16H20N2O4/c1-21-14-8-6-12-13(17-14)7-5-11-4-3-10(16(20)22-2)9-18(11)15(12)19/h6,8,10-11H,3-5,7,9H2,1-2H3/t10-,11-/m1/s1. The third-order valence-electron chi connectivity index (χ3n) is 4.60. The van der Waals surface area contributed by atoms with Crippen LogP contribution in [0.15, 0.2) is 12.1 Å². The molecule has 3 rings (SSSR count). The molecule has 22 heavy (non-hydrogen) atoms. The number of aromatic nitrogens is 1. The van der Waals surface area contributed by atoms with Gasteiger partial charge in [0.2, 0.25) is 5.88 Å². The van der Waals surface area contributed by atoms with Crippen LogP contribution in [0.5, 0.6) is 5.88 Å². The third kappa shape index (κ3) is 2.53. The number of carbonyl (C=O) groups is 2. The highest BCUT2D eigenvalue weighted by Crippen LogP contribution is 2.31. The number of amides is 1. The summed E-state index contributed by atoms with van der Waals surface area (Å²) < 4.78 is 9.97. The molecule has 2 aliphatic rings. The van der Waals surface area contributed by atoms with Gasteiger partial charge in [0.1, 0.15) is 0 Å². The molecule has 3 heterocycles. The Labute approximate surface area is 129 Å². The van der Waals surface area contributed by atoms with E-state index in [1.54, 1.807) is 19.2 Å². The summed E-state index contributed by atoms with van der Waals surface area (Å²) in [5.74, 6) is 0.0293. The molecule has 0 saturated carbocycles. The Hall–Kier alpha value is -2.11. The number of hydrogen-bond acceptors (Lipinski definition) is 5. The van der Waals surface area contributed by atoms with Crippen molar-refractivity contribution >= 4 is 11.9 Å². The van der Waals surface area contributed by atoms with Crippen molar-refractivity contribution in [3.8, 4) is 5.88 Å². The van der Waals surface area contributed by atoms with Crippen molar-refractivity contribution in [2.75, 3.05) is 20.8 Å². The number of piperidine rings is 1. The first-order valence-corrected chi connectivity index (χ1v) is 7.56. The predicted octanol–water partition coefficient (Wildman–Crippen LogP) is 1.43. The van der Waals surface area contributed by atoms with Gasteiger partial charge in [0.25, 0.3) is 5.91 Å². The fourth-order valence-corrected chi connectivity index (χ4v) is 3.37. The minimum Gasteiger partial charge on any atom is -0.481 e. The molecule has 118 valence electrons. The maximum Gasteiger partial charge on any atom is 0.310 e. The van der Waals surface area contributed by atoms with Gasteiger partial charge in [-0.15, -0.1) is 0 Å². The van der Waals surface area contributed by atoms with Gasteiger partial charge in [0, 0.05) is 18.7 Å². The molecule has 0 aromatic carbocycles. The van der Waals surface area contributed by atoms with Gasteiger partial charge in [-0.25, -0.2) is 4.98 Å². The van der Waals surface area contributed by atoms with Crippen LogP contribution in [0.1, 0.15) is 35.3 Å². The number of ether oxygens (including phenoxy) is 2. The molecule has 2 aliphatic heterocycles. The normalized spacial score (nSPS) is 24.1. The lowest BCUT2D eigenvalue weighted by Gasteiger charge is -2.37. The van der Waals surface area contributed by atoms with Crippen molar-refractivity contribution in [1.82, 2.24) is 9.88 Å². The molecular formula is C16H20N2O4. The summed E-state index contributed by atoms with van der Waals surface area (Å²) in [6.07, 6.45) is 3.22. The van der Waals surface area contributed by atoms with Gasteiger partial charge in [-0.2, -0.15) is 0 Å². The van der Waals surface area contributed by atoms with Crippen molar-refractivity contribution < 1.29 is 19.1 Å². The van der Waals surface area contributed by atoms with Gasteiger partial charge < -0.3 is 14.4 Å². The quantitative estimate of drug-likeness (QED) is 0.773. The lowest BCUT2D eigenvalue weighted by atomic mass is 9.91. The summed E-state index contributed by atoms with van der Waals surface area (Å²) in [6, 6.07) is 3.65. The second-order valence-corrected chi connectivity index (χ2v) is 5.80. The van der Waals surface area contributed by atoms with Crippen LogP contribution in [0.2, 0.25) is 0 Å². The van der Waals surface area contributed by atoms with E-state index in [0.717, 1.165) is 31.4 Å². The molecular weight excluding hydrogens is 284 g/mol. The van der Waals surface area contributed by atoms with Crippen molar-refractivity contribution in [1.29, 1.82) is 0 Å². The fraction of sp³-hybridized carbons (Fsp3) is 0.562. The van der Waals surface area contributed by atoms with E-state index in [0.29, 0.717) is 18.0 Å². The third-order valence-corrected chi connectivity index (χ3v) is 4.60. The number of pyridine rings is 1. The van der Waals surface area contributed by atoms with Gasteiger partial charge in [0.05, 0.1) is 31.4 Å². The van der Waals surface area contributed by atoms with Crippen molar-refractivity contribution in [2.45, 2.75) is 31.7 Å². The van der Waals surface area contributed by atoms with E-state index in [4.69, 9.17) is 9.47 Å². The number of hydrogen-bond donors (Lipinski definition) is 0. The van der Waals surface area contributed by atoms with E-state index in [1.807, 2.05) is 4.90 Å². The molecule has 0 N–H and O–H groups in total. The van der Waals surface area contributed by atoms with Gasteiger partial charge in [-0.1, -0.05) is 0 Å². The Morgan fingerprint density at radius 2 is 2.09 bits per heavy atom. The minimum atomic E-state index is -0.233. The molecule has 1 saturated heterocycles. The molecule has 1 fully saturated rings. The Morgan fingerprint density at radius 3 is 2.82 bits per heavy atom. The van der Waals surface area contributed by atoms with Crippen LogP contribution in [-0.2, 0) is 16.0 Å². The average Bonchev–Trinajstić information content (AvgIpc) is 2.70. The number of fused-ring (bicyclic) bond motifs is 2. The van der Waals surface area contributed by atoms with Crippen molar-refractivity contribution in [2.24, 2.45) is 5.92 Å². The molecule has 0 radical (unpaired) electrons. The molecule has 6 nitrogen and oxygen atoms in total. The van der Waals surface area contributed by atoms with E-state index in [2.05, 4.69) is 4.98 Å². The van der Waals surface area contributed by atoms with Crippen LogP contribution < -0.4 is 4.74 Å². The Bertz CT molecular complexity index is 602. The summed E-state index contributed by atoms with van der Waals surface area (Å²) in [6.45, 7) is 0.432. The van der Waals surface area contributed by atoms with Gasteiger partial charge in [-0.3, -0.25) is 9.59 Å². The lowest BCUT2D eigenvalue weighted by Crippen LogP contribution is -2.48. The summed E-state index contributed by atoms with van der Waals surface area (Å²) in [7, 11) is 2.96. The molecule has 1 aromatic rings. The average molecular weight is 304 g/mol. The molecule has 0 spiro atoms. The highest BCUT2D eigenvalue weighted by Gasteiger charge is 2.38. The number of rotatable bonds is 2. The zero-order valence-corrected chi connectivity index (χ0v) is 12.9. The maximum absolute atomic E-state index is 12.8. The summed E-state index contributed by atoms with van der Waals surface area (Å²) in [5.41, 5.74) is 1.40. The molecule has 0 unspecified atom stereocenters.